The standard InChI is InChI=1S/C24H24N6O2/c1-2-3-12-26-24(32)22-21(9-6-13-25-22)28-23(31)20-11-10-17(16-30-15-14-27-29-30)18-7-4-5-8-19(18)20/h4-11,13-15H,2-3,12,16H2,1H3,(H,26,32)(H,28,31). The Morgan fingerprint density at radius 1 is 0.969 bits per heavy atom. The zero-order valence-corrected chi connectivity index (χ0v) is 17.8. The molecule has 0 aliphatic rings. The summed E-state index contributed by atoms with van der Waals surface area (Å²) in [6.45, 7) is 3.17. The van der Waals surface area contributed by atoms with Crippen molar-refractivity contribution in [2.24, 2.45) is 0 Å². The van der Waals surface area contributed by atoms with E-state index in [0.29, 0.717) is 24.3 Å². The summed E-state index contributed by atoms with van der Waals surface area (Å²) in [7, 11) is 0. The Kier molecular flexibility index (Phi) is 6.50. The van der Waals surface area contributed by atoms with Crippen LogP contribution < -0.4 is 10.6 Å². The third kappa shape index (κ3) is 4.64. The topological polar surface area (TPSA) is 102 Å². The van der Waals surface area contributed by atoms with Crippen molar-refractivity contribution in [2.45, 2.75) is 26.3 Å². The second-order valence-corrected chi connectivity index (χ2v) is 7.38. The lowest BCUT2D eigenvalue weighted by atomic mass is 9.99. The van der Waals surface area contributed by atoms with Crippen molar-refractivity contribution < 1.29 is 9.59 Å². The molecule has 162 valence electrons. The lowest BCUT2D eigenvalue weighted by Crippen LogP contribution is -2.27. The van der Waals surface area contributed by atoms with E-state index in [2.05, 4.69) is 32.9 Å². The third-order valence-electron chi connectivity index (χ3n) is 5.15. The lowest BCUT2D eigenvalue weighted by molar-refractivity contribution is 0.0949. The number of hydrogen-bond donors (Lipinski definition) is 2. The van der Waals surface area contributed by atoms with Gasteiger partial charge in [0.15, 0.2) is 5.69 Å². The molecule has 2 N–H and O–H groups in total. The van der Waals surface area contributed by atoms with E-state index in [4.69, 9.17) is 0 Å². The minimum Gasteiger partial charge on any atom is -0.351 e. The molecule has 0 atom stereocenters. The number of carbonyl (C=O) groups is 2. The summed E-state index contributed by atoms with van der Waals surface area (Å²) < 4.78 is 1.74. The van der Waals surface area contributed by atoms with Gasteiger partial charge in [0.2, 0.25) is 0 Å². The number of carbonyl (C=O) groups excluding carboxylic acids is 2. The van der Waals surface area contributed by atoms with Gasteiger partial charge in [0.05, 0.1) is 18.4 Å². The molecule has 0 radical (unpaired) electrons. The van der Waals surface area contributed by atoms with Gasteiger partial charge in [-0.05, 0) is 41.0 Å². The zero-order chi connectivity index (χ0) is 22.3. The van der Waals surface area contributed by atoms with E-state index in [1.165, 1.54) is 0 Å². The van der Waals surface area contributed by atoms with E-state index >= 15 is 0 Å². The number of rotatable bonds is 8. The highest BCUT2D eigenvalue weighted by atomic mass is 16.2. The zero-order valence-electron chi connectivity index (χ0n) is 17.8. The maximum absolute atomic E-state index is 13.2. The van der Waals surface area contributed by atoms with E-state index in [1.807, 2.05) is 30.3 Å². The van der Waals surface area contributed by atoms with Gasteiger partial charge in [0.25, 0.3) is 11.8 Å². The molecule has 0 saturated carbocycles. The van der Waals surface area contributed by atoms with Crippen molar-refractivity contribution in [3.8, 4) is 0 Å². The molecule has 0 unspecified atom stereocenters. The number of anilines is 1. The van der Waals surface area contributed by atoms with Gasteiger partial charge in [0, 0.05) is 24.5 Å². The summed E-state index contributed by atoms with van der Waals surface area (Å²) in [5, 5.41) is 15.4. The Morgan fingerprint density at radius 3 is 2.59 bits per heavy atom. The van der Waals surface area contributed by atoms with E-state index in [0.717, 1.165) is 29.2 Å². The van der Waals surface area contributed by atoms with Gasteiger partial charge >= 0.3 is 0 Å². The van der Waals surface area contributed by atoms with Crippen molar-refractivity contribution in [3.05, 3.63) is 83.9 Å². The number of fused-ring (bicyclic) bond motifs is 1. The van der Waals surface area contributed by atoms with Crippen LogP contribution in [0.3, 0.4) is 0 Å². The predicted molar refractivity (Wildman–Crippen MR) is 123 cm³/mol. The Hall–Kier alpha value is -4.07. The van der Waals surface area contributed by atoms with Crippen LogP contribution in [-0.4, -0.2) is 38.3 Å². The summed E-state index contributed by atoms with van der Waals surface area (Å²) in [6.07, 6.45) is 6.83. The van der Waals surface area contributed by atoms with Crippen LogP contribution in [-0.2, 0) is 6.54 Å². The predicted octanol–water partition coefficient (Wildman–Crippen LogP) is 3.66. The SMILES string of the molecule is CCCCNC(=O)c1ncccc1NC(=O)c1ccc(Cn2ccnn2)c2ccccc12. The van der Waals surface area contributed by atoms with Crippen LogP contribution in [0.2, 0.25) is 0 Å². The van der Waals surface area contributed by atoms with Crippen molar-refractivity contribution in [2.75, 3.05) is 11.9 Å². The largest absolute Gasteiger partial charge is 0.351 e. The molecule has 2 heterocycles. The summed E-state index contributed by atoms with van der Waals surface area (Å²) in [5.74, 6) is -0.605. The second-order valence-electron chi connectivity index (χ2n) is 7.38. The molecule has 0 bridgehead atoms. The van der Waals surface area contributed by atoms with Gasteiger partial charge in [-0.15, -0.1) is 5.10 Å². The number of hydrogen-bond acceptors (Lipinski definition) is 5. The second kappa shape index (κ2) is 9.82. The minimum atomic E-state index is -0.303. The number of nitrogens with one attached hydrogen (secondary N) is 2. The molecule has 8 heteroatoms. The van der Waals surface area contributed by atoms with Gasteiger partial charge < -0.3 is 10.6 Å². The monoisotopic (exact) mass is 428 g/mol. The highest BCUT2D eigenvalue weighted by Crippen LogP contribution is 2.25. The molecule has 0 aliphatic heterocycles. The van der Waals surface area contributed by atoms with Crippen LogP contribution in [0.1, 0.15) is 46.2 Å². The first-order valence-corrected chi connectivity index (χ1v) is 10.6. The summed E-state index contributed by atoms with van der Waals surface area (Å²) in [6, 6.07) is 14.8. The lowest BCUT2D eigenvalue weighted by Gasteiger charge is -2.13. The molecule has 0 spiro atoms. The molecule has 0 fully saturated rings. The van der Waals surface area contributed by atoms with E-state index in [-0.39, 0.29) is 17.5 Å². The molecular formula is C24H24N6O2. The highest BCUT2D eigenvalue weighted by Gasteiger charge is 2.17. The van der Waals surface area contributed by atoms with Crippen molar-refractivity contribution >= 4 is 28.3 Å². The van der Waals surface area contributed by atoms with Crippen molar-refractivity contribution in [1.82, 2.24) is 25.3 Å². The molecule has 2 amide bonds. The first-order valence-electron chi connectivity index (χ1n) is 10.6. The Balaban J connectivity index is 1.61. The molecule has 32 heavy (non-hydrogen) atoms. The first kappa shape index (κ1) is 21.2. The van der Waals surface area contributed by atoms with Crippen molar-refractivity contribution in [1.29, 1.82) is 0 Å². The molecular weight excluding hydrogens is 404 g/mol. The molecule has 0 aliphatic carbocycles. The van der Waals surface area contributed by atoms with Crippen molar-refractivity contribution in [3.63, 3.8) is 0 Å². The average molecular weight is 428 g/mol. The smallest absolute Gasteiger partial charge is 0.272 e. The molecule has 4 rings (SSSR count). The van der Waals surface area contributed by atoms with Crippen LogP contribution in [0.25, 0.3) is 10.8 Å². The third-order valence-corrected chi connectivity index (χ3v) is 5.15. The first-order chi connectivity index (χ1) is 15.7. The fraction of sp³-hybridized carbons (Fsp3) is 0.208. The molecule has 4 aromatic rings. The summed E-state index contributed by atoms with van der Waals surface area (Å²) >= 11 is 0. The van der Waals surface area contributed by atoms with E-state index in [9.17, 15) is 9.59 Å². The van der Waals surface area contributed by atoms with Crippen LogP contribution >= 0.6 is 0 Å². The average Bonchev–Trinajstić information content (AvgIpc) is 3.33. The van der Waals surface area contributed by atoms with Gasteiger partial charge in [0.1, 0.15) is 0 Å². The van der Waals surface area contributed by atoms with E-state index < -0.39 is 0 Å². The normalized spacial score (nSPS) is 10.8. The van der Waals surface area contributed by atoms with E-state index in [1.54, 1.807) is 41.5 Å². The molecule has 2 aromatic heterocycles. The molecule has 8 nitrogen and oxygen atoms in total. The van der Waals surface area contributed by atoms with Gasteiger partial charge in [-0.2, -0.15) is 0 Å². The number of pyridine rings is 1. The van der Waals surface area contributed by atoms with Crippen LogP contribution in [0.5, 0.6) is 0 Å². The minimum absolute atomic E-state index is 0.198. The van der Waals surface area contributed by atoms with Crippen LogP contribution in [0, 0.1) is 0 Å². The molecule has 0 saturated heterocycles. The van der Waals surface area contributed by atoms with Gasteiger partial charge in [-0.25, -0.2) is 9.67 Å². The van der Waals surface area contributed by atoms with Gasteiger partial charge in [-0.3, -0.25) is 9.59 Å². The Bertz CT molecular complexity index is 1240. The number of aromatic nitrogens is 4. The fourth-order valence-electron chi connectivity index (χ4n) is 3.53. The summed E-state index contributed by atoms with van der Waals surface area (Å²) in [4.78, 5) is 29.9. The Labute approximate surface area is 185 Å². The number of nitrogens with zero attached hydrogens (tertiary/aromatic N) is 4. The Morgan fingerprint density at radius 2 is 1.81 bits per heavy atom. The maximum Gasteiger partial charge on any atom is 0.272 e. The maximum atomic E-state index is 13.2. The van der Waals surface area contributed by atoms with Crippen LogP contribution in [0.4, 0.5) is 5.69 Å². The number of unbranched alkanes of at least 4 members (excludes halogenated alkanes) is 1. The number of amides is 2. The highest BCUT2D eigenvalue weighted by molar-refractivity contribution is 6.15. The fourth-order valence-corrected chi connectivity index (χ4v) is 3.53. The summed E-state index contributed by atoms with van der Waals surface area (Å²) in [5.41, 5.74) is 2.12. The quantitative estimate of drug-likeness (QED) is 0.417. The number of benzene rings is 2. The van der Waals surface area contributed by atoms with Crippen LogP contribution in [0.15, 0.2) is 67.1 Å². The molecule has 2 aromatic carbocycles. The van der Waals surface area contributed by atoms with Gasteiger partial charge in [-0.1, -0.05) is 48.9 Å².